The topological polar surface area (TPSA) is 370 Å². The number of nitrogens with two attached hydrogens (primary N) is 1. The molecule has 0 spiro atoms. The van der Waals surface area contributed by atoms with Crippen LogP contribution in [-0.2, 0) is 68.8 Å². The molecule has 0 radical (unpaired) electrons. The molecule has 29 nitrogen and oxygen atoms in total. The minimum atomic E-state index is -1.16. The molecule has 2 heterocycles. The summed E-state index contributed by atoms with van der Waals surface area (Å²) in [5, 5.41) is 27.5. The van der Waals surface area contributed by atoms with Gasteiger partial charge in [0.15, 0.2) is 0 Å². The Hall–Kier alpha value is -8.61. The van der Waals surface area contributed by atoms with Gasteiger partial charge >= 0.3 is 12.1 Å². The number of benzene rings is 2. The number of anilines is 1. The van der Waals surface area contributed by atoms with E-state index in [1.54, 1.807) is 109 Å². The number of aliphatic hydroxyl groups is 1. The number of methoxy groups -OCH3 is 2. The van der Waals surface area contributed by atoms with Gasteiger partial charge in [0.2, 0.25) is 59.1 Å². The Labute approximate surface area is 604 Å². The second kappa shape index (κ2) is 42.1. The number of hydrogen-bond donors (Lipinski definition) is 8. The molecule has 2 fully saturated rings. The third-order valence-electron chi connectivity index (χ3n) is 18.6. The van der Waals surface area contributed by atoms with Gasteiger partial charge in [-0.25, -0.2) is 9.59 Å². The smallest absolute Gasteiger partial charge is 0.410 e. The van der Waals surface area contributed by atoms with Crippen molar-refractivity contribution in [2.75, 3.05) is 78.2 Å². The second-order valence-corrected chi connectivity index (χ2v) is 28.2. The van der Waals surface area contributed by atoms with Crippen molar-refractivity contribution in [3.63, 3.8) is 0 Å². The van der Waals surface area contributed by atoms with E-state index in [4.69, 9.17) is 19.9 Å². The lowest BCUT2D eigenvalue weighted by atomic mass is 9.89. The number of carbonyl (C=O) groups is 12. The van der Waals surface area contributed by atoms with Crippen LogP contribution >= 0.6 is 11.8 Å². The Balaban J connectivity index is 1.37. The van der Waals surface area contributed by atoms with E-state index >= 15 is 0 Å². The van der Waals surface area contributed by atoms with E-state index in [1.165, 1.54) is 36.0 Å². The normalized spacial score (nSPS) is 17.1. The van der Waals surface area contributed by atoms with Crippen LogP contribution in [0.15, 0.2) is 79.9 Å². The average Bonchev–Trinajstić information content (AvgIpc) is 1.43. The minimum Gasteiger partial charge on any atom is -0.445 e. The molecule has 102 heavy (non-hydrogen) atoms. The fourth-order valence-corrected chi connectivity index (χ4v) is 13.3. The molecule has 2 aliphatic rings. The second-order valence-electron chi connectivity index (χ2n) is 27.1. The number of rotatable bonds is 39. The highest BCUT2D eigenvalue weighted by Gasteiger charge is 2.44. The fraction of sp³-hybridized carbons (Fsp3) is 0.611. The first kappa shape index (κ1) is 85.8. The van der Waals surface area contributed by atoms with Crippen molar-refractivity contribution < 1.29 is 76.9 Å². The van der Waals surface area contributed by atoms with E-state index in [2.05, 4.69) is 45.1 Å². The van der Waals surface area contributed by atoms with Gasteiger partial charge in [0.1, 0.15) is 30.8 Å². The van der Waals surface area contributed by atoms with E-state index in [0.717, 1.165) is 28.8 Å². The molecule has 0 bridgehead atoms. The standard InChI is InChI=1S/C72H111N13O16S/c1-17-46(10)63(54(99-15)37-59(90)85-35-24-28-53(85)65(100-16)47(11)66(92)75-48(12)64(91)50-25-21-20-22-26-50)80(13)70(96)61(44(6)7)79-69(95)62(45(8)9)81(14)72(98)101-38-49-29-31-51(32-30-49)76-67(93)52(27-23-34-74-71(73)97)77-68(94)60(43(4)5)78-55(86)39-102-36-33-58(89)84-41-82(56(87)18-2)40-83(42-84)57(88)19-3/h18-22,25-26,29-32,43-48,52-54,60-65,91H,2-3,17,23-24,27-28,33-42H2,1,4-16H3,(H,75,92)(H,76,93)(H,77,94)(H,78,86)(H,79,95)(H3,73,74,97)/t46?,47-,48-,52+,53+,54-,60+,61+,62+,63+,64-,65-/m1/s1. The number of aliphatic hydroxyl groups excluding tert-OH is 1. The van der Waals surface area contributed by atoms with Crippen molar-refractivity contribution in [3.05, 3.63) is 91.0 Å². The molecule has 13 amide bonds. The van der Waals surface area contributed by atoms with Gasteiger partial charge in [-0.2, -0.15) is 11.8 Å². The molecular weight excluding hydrogens is 1330 g/mol. The van der Waals surface area contributed by atoms with Gasteiger partial charge in [0.05, 0.1) is 74.5 Å². The molecule has 1 unspecified atom stereocenters. The van der Waals surface area contributed by atoms with Crippen LogP contribution in [0.2, 0.25) is 0 Å². The zero-order chi connectivity index (χ0) is 76.2. The van der Waals surface area contributed by atoms with Crippen molar-refractivity contribution in [3.8, 4) is 0 Å². The van der Waals surface area contributed by atoms with Gasteiger partial charge < -0.3 is 81.5 Å². The first-order valence-electron chi connectivity index (χ1n) is 34.8. The fourth-order valence-electron chi connectivity index (χ4n) is 12.6. The summed E-state index contributed by atoms with van der Waals surface area (Å²) in [5.74, 6) is -6.86. The summed E-state index contributed by atoms with van der Waals surface area (Å²) in [6.07, 6.45) is 0.925. The molecule has 9 N–H and O–H groups in total. The number of ether oxygens (including phenoxy) is 3. The third kappa shape index (κ3) is 25.1. The quantitative estimate of drug-likeness (QED) is 0.0338. The van der Waals surface area contributed by atoms with Crippen molar-refractivity contribution in [2.24, 2.45) is 35.3 Å². The number of primary amides is 1. The molecule has 12 atom stereocenters. The molecular formula is C72H111N13O16S. The maximum Gasteiger partial charge on any atom is 0.410 e. The first-order valence-corrected chi connectivity index (χ1v) is 36.0. The monoisotopic (exact) mass is 1450 g/mol. The van der Waals surface area contributed by atoms with Crippen LogP contribution < -0.4 is 37.6 Å². The highest BCUT2D eigenvalue weighted by molar-refractivity contribution is 7.99. The predicted molar refractivity (Wildman–Crippen MR) is 387 cm³/mol. The maximum absolute atomic E-state index is 14.8. The van der Waals surface area contributed by atoms with Gasteiger partial charge in [0.25, 0.3) is 0 Å². The number of hydrogen-bond acceptors (Lipinski definition) is 17. The van der Waals surface area contributed by atoms with Crippen LogP contribution in [0.1, 0.15) is 131 Å². The van der Waals surface area contributed by atoms with Crippen LogP contribution in [0.5, 0.6) is 0 Å². The number of likely N-dealkylation sites (tertiary alicyclic amines) is 1. The van der Waals surface area contributed by atoms with Crippen LogP contribution in [-0.4, -0.2) is 233 Å². The lowest BCUT2D eigenvalue weighted by Gasteiger charge is -2.41. The summed E-state index contributed by atoms with van der Waals surface area (Å²) < 4.78 is 17.8. The summed E-state index contributed by atoms with van der Waals surface area (Å²) in [7, 11) is 6.05. The number of urea groups is 1. The van der Waals surface area contributed by atoms with Crippen LogP contribution in [0, 0.1) is 29.6 Å². The van der Waals surface area contributed by atoms with E-state index < -0.39 is 138 Å². The molecule has 566 valence electrons. The van der Waals surface area contributed by atoms with E-state index in [0.29, 0.717) is 42.6 Å². The van der Waals surface area contributed by atoms with Gasteiger partial charge in [-0.3, -0.25) is 52.8 Å². The zero-order valence-electron chi connectivity index (χ0n) is 61.8. The molecule has 30 heteroatoms. The molecule has 4 rings (SSSR count). The number of likely N-dealkylation sites (N-methyl/N-ethyl adjacent to an activating group) is 2. The molecule has 2 aromatic rings. The number of nitrogens with one attached hydrogen (secondary N) is 6. The molecule has 0 aliphatic carbocycles. The van der Waals surface area contributed by atoms with Gasteiger partial charge in [-0.15, -0.1) is 0 Å². The Morgan fingerprint density at radius 3 is 1.87 bits per heavy atom. The number of carbonyl (C=O) groups excluding carboxylic acids is 12. The predicted octanol–water partition coefficient (Wildman–Crippen LogP) is 4.46. The SMILES string of the molecule is C=CC(=O)N1CN(C(=O)C=C)CN(C(=O)CCSCC(=O)N[C@H](C(=O)N[C@@H](CCCNC(N)=O)C(=O)Nc2ccc(COC(=O)N(C)[C@H](C(=O)N[C@H](C(=O)N(C)[C@@H](C(C)CC)[C@@H](CC(=O)N3CCC[C@H]3[C@H](OC)[C@@H](C)C(=O)N[C@H](C)[C@@H](O)c3ccccc3)OC)C(C)C)C(C)C)cc2)C(C)C)C1. The zero-order valence-corrected chi connectivity index (χ0v) is 62.6. The number of thioether (sulfide) groups is 1. The third-order valence-corrected chi connectivity index (χ3v) is 19.5. The van der Waals surface area contributed by atoms with E-state index in [1.807, 2.05) is 32.0 Å². The highest BCUT2D eigenvalue weighted by Crippen LogP contribution is 2.31. The minimum absolute atomic E-state index is 0.0250. The Morgan fingerprint density at radius 1 is 0.716 bits per heavy atom. The molecule has 0 aromatic heterocycles. The molecule has 2 aliphatic heterocycles. The number of amides is 13. The Bertz CT molecular complexity index is 3150. The number of nitrogens with zero attached hydrogens (tertiary/aromatic N) is 6. The summed E-state index contributed by atoms with van der Waals surface area (Å²) >= 11 is 1.13. The molecule has 2 aromatic carbocycles. The van der Waals surface area contributed by atoms with Crippen LogP contribution in [0.25, 0.3) is 0 Å². The average molecular weight is 1450 g/mol. The van der Waals surface area contributed by atoms with Crippen molar-refractivity contribution in [1.29, 1.82) is 0 Å². The van der Waals surface area contributed by atoms with Crippen LogP contribution in [0.3, 0.4) is 0 Å². The Morgan fingerprint density at radius 2 is 1.32 bits per heavy atom. The van der Waals surface area contributed by atoms with Gasteiger partial charge in [-0.05, 0) is 91.7 Å². The molecule has 2 saturated heterocycles. The van der Waals surface area contributed by atoms with E-state index in [9.17, 15) is 62.6 Å². The molecule has 0 saturated carbocycles. The lowest BCUT2D eigenvalue weighted by Crippen LogP contribution is -2.60. The van der Waals surface area contributed by atoms with Gasteiger partial charge in [-0.1, -0.05) is 124 Å². The Kier molecular flexibility index (Phi) is 35.4. The summed E-state index contributed by atoms with van der Waals surface area (Å²) in [4.78, 5) is 170. The largest absolute Gasteiger partial charge is 0.445 e. The van der Waals surface area contributed by atoms with Crippen LogP contribution in [0.4, 0.5) is 15.3 Å². The lowest BCUT2D eigenvalue weighted by molar-refractivity contribution is -0.154. The summed E-state index contributed by atoms with van der Waals surface area (Å²) in [5.41, 5.74) is 6.74. The summed E-state index contributed by atoms with van der Waals surface area (Å²) in [6, 6.07) is 8.45. The first-order chi connectivity index (χ1) is 48.2. The maximum atomic E-state index is 14.8. The summed E-state index contributed by atoms with van der Waals surface area (Å²) in [6.45, 7) is 25.0. The van der Waals surface area contributed by atoms with E-state index in [-0.39, 0.29) is 94.0 Å². The van der Waals surface area contributed by atoms with Crippen molar-refractivity contribution >= 4 is 88.6 Å². The van der Waals surface area contributed by atoms with Crippen molar-refractivity contribution in [2.45, 2.75) is 181 Å². The van der Waals surface area contributed by atoms with Crippen molar-refractivity contribution in [1.82, 2.24) is 56.0 Å². The van der Waals surface area contributed by atoms with Gasteiger partial charge in [0, 0.05) is 59.3 Å². The highest BCUT2D eigenvalue weighted by atomic mass is 32.2.